The van der Waals surface area contributed by atoms with Crippen LogP contribution in [0.15, 0.2) is 152 Å². The molecular weight excluding hydrogens is 801 g/mol. The summed E-state index contributed by atoms with van der Waals surface area (Å²) < 4.78 is 47.3. The molecule has 14 nitrogen and oxygen atoms in total. The van der Waals surface area contributed by atoms with Gasteiger partial charge in [0.15, 0.2) is 35.2 Å². The van der Waals surface area contributed by atoms with Gasteiger partial charge in [-0.2, -0.15) is 0 Å². The van der Waals surface area contributed by atoms with Gasteiger partial charge in [0.25, 0.3) is 0 Å². The molecule has 1 heterocycles. The first-order chi connectivity index (χ1) is 30.1. The van der Waals surface area contributed by atoms with Crippen molar-refractivity contribution in [2.24, 2.45) is 0 Å². The molecule has 1 fully saturated rings. The van der Waals surface area contributed by atoms with Crippen LogP contribution >= 0.6 is 0 Å². The minimum atomic E-state index is -1.71. The van der Waals surface area contributed by atoms with Crippen LogP contribution in [0.3, 0.4) is 0 Å². The van der Waals surface area contributed by atoms with Gasteiger partial charge in [0.2, 0.25) is 18.1 Å². The molecule has 0 aromatic heterocycles. The number of hydrogen-bond donors (Lipinski definition) is 2. The van der Waals surface area contributed by atoms with Gasteiger partial charge in [-0.15, -0.1) is 0 Å². The molecule has 0 radical (unpaired) electrons. The molecular formula is C48H40O14. The maximum Gasteiger partial charge on any atom is 0.338 e. The number of phenols is 2. The van der Waals surface area contributed by atoms with E-state index in [0.717, 1.165) is 0 Å². The summed E-state index contributed by atoms with van der Waals surface area (Å²) >= 11 is 0. The zero-order valence-electron chi connectivity index (χ0n) is 33.3. The highest BCUT2D eigenvalue weighted by molar-refractivity contribution is 5.91. The lowest BCUT2D eigenvalue weighted by molar-refractivity contribution is -0.275. The number of carbonyl (C=O) groups is 4. The number of benzene rings is 6. The van der Waals surface area contributed by atoms with Gasteiger partial charge in [-0.25, -0.2) is 19.2 Å². The van der Waals surface area contributed by atoms with Crippen molar-refractivity contribution in [3.05, 3.63) is 174 Å². The molecule has 6 aromatic rings. The minimum Gasteiger partial charge on any atom is -0.504 e. The van der Waals surface area contributed by atoms with E-state index in [1.54, 1.807) is 103 Å². The smallest absolute Gasteiger partial charge is 0.338 e. The Labute approximate surface area is 355 Å². The highest BCUT2D eigenvalue weighted by Gasteiger charge is 2.54. The molecule has 1 aliphatic heterocycles. The average Bonchev–Trinajstić information content (AvgIpc) is 3.31. The lowest BCUT2D eigenvalue weighted by atomic mass is 9.97. The largest absolute Gasteiger partial charge is 0.504 e. The Balaban J connectivity index is 1.31. The maximum absolute atomic E-state index is 13.9. The first-order valence-corrected chi connectivity index (χ1v) is 19.2. The van der Waals surface area contributed by atoms with E-state index in [4.69, 9.17) is 37.9 Å². The summed E-state index contributed by atoms with van der Waals surface area (Å²) in [7, 11) is 2.76. The van der Waals surface area contributed by atoms with Crippen LogP contribution in [0.1, 0.15) is 41.4 Å². The zero-order chi connectivity index (χ0) is 43.6. The average molecular weight is 841 g/mol. The Kier molecular flexibility index (Phi) is 13.3. The molecule has 62 heavy (non-hydrogen) atoms. The number of esters is 4. The van der Waals surface area contributed by atoms with Gasteiger partial charge < -0.3 is 48.1 Å². The molecule has 6 aromatic carbocycles. The number of carbonyl (C=O) groups excluding carboxylic acids is 4. The Morgan fingerprint density at radius 1 is 0.500 bits per heavy atom. The predicted molar refractivity (Wildman–Crippen MR) is 221 cm³/mol. The van der Waals surface area contributed by atoms with Crippen LogP contribution in [0.25, 0.3) is 11.1 Å². The van der Waals surface area contributed by atoms with E-state index in [9.17, 15) is 29.4 Å². The van der Waals surface area contributed by atoms with Crippen LogP contribution in [0, 0.1) is 0 Å². The Bertz CT molecular complexity index is 2470. The number of aromatic hydroxyl groups is 2. The van der Waals surface area contributed by atoms with Crippen molar-refractivity contribution >= 4 is 23.9 Å². The van der Waals surface area contributed by atoms with E-state index >= 15 is 0 Å². The zero-order valence-corrected chi connectivity index (χ0v) is 33.3. The van der Waals surface area contributed by atoms with E-state index < -0.39 is 66.9 Å². The van der Waals surface area contributed by atoms with Gasteiger partial charge in [0.1, 0.15) is 12.7 Å². The van der Waals surface area contributed by atoms with Gasteiger partial charge in [-0.05, 0) is 83.9 Å². The second-order valence-corrected chi connectivity index (χ2v) is 13.7. The Morgan fingerprint density at radius 3 is 1.39 bits per heavy atom. The molecule has 316 valence electrons. The molecule has 0 spiro atoms. The van der Waals surface area contributed by atoms with Crippen LogP contribution in [-0.4, -0.2) is 85.6 Å². The number of ether oxygens (including phenoxy) is 8. The van der Waals surface area contributed by atoms with E-state index in [0.29, 0.717) is 11.1 Å². The van der Waals surface area contributed by atoms with Crippen molar-refractivity contribution in [3.63, 3.8) is 0 Å². The Morgan fingerprint density at radius 2 is 0.935 bits per heavy atom. The number of methoxy groups -OCH3 is 2. The molecule has 1 saturated heterocycles. The molecule has 5 atom stereocenters. The summed E-state index contributed by atoms with van der Waals surface area (Å²) in [5, 5.41) is 21.9. The third-order valence-corrected chi connectivity index (χ3v) is 9.75. The summed E-state index contributed by atoms with van der Waals surface area (Å²) in [5.41, 5.74) is 1.52. The molecule has 2 N–H and O–H groups in total. The van der Waals surface area contributed by atoms with E-state index in [-0.39, 0.29) is 45.3 Å². The maximum atomic E-state index is 13.9. The fraction of sp³-hybridized carbons (Fsp3) is 0.167. The van der Waals surface area contributed by atoms with Crippen molar-refractivity contribution in [1.82, 2.24) is 0 Å². The van der Waals surface area contributed by atoms with Gasteiger partial charge in [0.05, 0.1) is 36.5 Å². The fourth-order valence-corrected chi connectivity index (χ4v) is 6.60. The monoisotopic (exact) mass is 840 g/mol. The van der Waals surface area contributed by atoms with E-state index in [2.05, 4.69) is 0 Å². The van der Waals surface area contributed by atoms with Crippen LogP contribution < -0.4 is 14.2 Å². The van der Waals surface area contributed by atoms with Gasteiger partial charge in [-0.1, -0.05) is 78.9 Å². The number of hydrogen-bond acceptors (Lipinski definition) is 14. The summed E-state index contributed by atoms with van der Waals surface area (Å²) in [5.74, 6) is -3.93. The highest BCUT2D eigenvalue weighted by atomic mass is 16.7. The van der Waals surface area contributed by atoms with Crippen molar-refractivity contribution in [1.29, 1.82) is 0 Å². The van der Waals surface area contributed by atoms with Gasteiger partial charge in [0, 0.05) is 0 Å². The third-order valence-electron chi connectivity index (χ3n) is 9.75. The van der Waals surface area contributed by atoms with E-state index in [1.165, 1.54) is 62.8 Å². The standard InChI is InChI=1S/C48H40O14/c1-55-37-26-34(27-38(56-2)40(37)50)33-23-24-36(35(49)25-33)58-48-43(62-47(54)32-21-13-6-14-22-32)42(61-46(53)31-19-11-5-12-20-31)41(60-45(52)30-17-9-4-10-18-30)39(59-48)28-57-44(51)29-15-7-3-8-16-29/h3-27,39,41-43,48-50H,28H2,1-2H3/t39-,41-,42+,43-,48-/m1/s1. The van der Waals surface area contributed by atoms with E-state index in [1.807, 2.05) is 0 Å². The van der Waals surface area contributed by atoms with Crippen molar-refractivity contribution < 1.29 is 67.3 Å². The molecule has 7 rings (SSSR count). The molecule has 0 saturated carbocycles. The topological polar surface area (TPSA) is 183 Å². The summed E-state index contributed by atoms with van der Waals surface area (Å²) in [6, 6.07) is 39.4. The van der Waals surface area contributed by atoms with Crippen LogP contribution in [-0.2, 0) is 23.7 Å². The van der Waals surface area contributed by atoms with Crippen LogP contribution in [0.4, 0.5) is 0 Å². The summed E-state index contributed by atoms with van der Waals surface area (Å²) in [6.07, 6.45) is -8.12. The molecule has 14 heteroatoms. The van der Waals surface area contributed by atoms with Crippen molar-refractivity contribution in [3.8, 4) is 39.9 Å². The fourth-order valence-electron chi connectivity index (χ4n) is 6.60. The Hall–Kier alpha value is -7.84. The number of rotatable bonds is 14. The SMILES string of the molecule is COc1cc(-c2ccc(O[C@@H]3O[C@H](COC(=O)c4ccccc4)[C@@H](OC(=O)c4ccccc4)[C@H](OC(=O)c4ccccc4)[C@H]3OC(=O)c3ccccc3)c(O)c2)cc(OC)c1O. The molecule has 0 bridgehead atoms. The number of phenolic OH excluding ortho intramolecular Hbond substituents is 2. The molecule has 0 unspecified atom stereocenters. The highest BCUT2D eigenvalue weighted by Crippen LogP contribution is 2.42. The third kappa shape index (κ3) is 9.78. The first-order valence-electron chi connectivity index (χ1n) is 19.2. The quantitative estimate of drug-likeness (QED) is 0.0816. The normalized spacial score (nSPS) is 18.1. The molecule has 1 aliphatic rings. The van der Waals surface area contributed by atoms with Crippen LogP contribution in [0.2, 0.25) is 0 Å². The van der Waals surface area contributed by atoms with Gasteiger partial charge >= 0.3 is 23.9 Å². The van der Waals surface area contributed by atoms with Crippen LogP contribution in [0.5, 0.6) is 28.7 Å². The summed E-state index contributed by atoms with van der Waals surface area (Å²) in [6.45, 7) is -0.575. The van der Waals surface area contributed by atoms with Crippen molar-refractivity contribution in [2.75, 3.05) is 20.8 Å². The molecule has 0 aliphatic carbocycles. The second kappa shape index (κ2) is 19.5. The summed E-state index contributed by atoms with van der Waals surface area (Å²) in [4.78, 5) is 54.9. The first kappa shape index (κ1) is 42.3. The minimum absolute atomic E-state index is 0.112. The molecule has 0 amide bonds. The second-order valence-electron chi connectivity index (χ2n) is 13.7. The predicted octanol–water partition coefficient (Wildman–Crippen LogP) is 7.42. The van der Waals surface area contributed by atoms with Gasteiger partial charge in [-0.3, -0.25) is 0 Å². The lowest BCUT2D eigenvalue weighted by Crippen LogP contribution is -2.63. The lowest BCUT2D eigenvalue weighted by Gasteiger charge is -2.44. The van der Waals surface area contributed by atoms with Crippen molar-refractivity contribution in [2.45, 2.75) is 30.7 Å².